The van der Waals surface area contributed by atoms with E-state index >= 15 is 0 Å². The zero-order valence-electron chi connectivity index (χ0n) is 7.98. The summed E-state index contributed by atoms with van der Waals surface area (Å²) >= 11 is 0.902. The first-order valence-electron chi connectivity index (χ1n) is 4.04. The Kier molecular flexibility index (Phi) is 4.37. The van der Waals surface area contributed by atoms with Crippen LogP contribution in [0.15, 0.2) is 17.0 Å². The number of aliphatic hydroxyl groups is 1. The zero-order valence-corrected chi connectivity index (χ0v) is 8.80. The molecule has 0 aliphatic heterocycles. The minimum absolute atomic E-state index is 0.0142. The Hall–Kier alpha value is -0.590. The van der Waals surface area contributed by atoms with Crippen LogP contribution >= 0.6 is 12.0 Å². The van der Waals surface area contributed by atoms with Crippen LogP contribution in [0.25, 0.3) is 0 Å². The third kappa shape index (κ3) is 2.70. The van der Waals surface area contributed by atoms with Gasteiger partial charge in [0.1, 0.15) is 0 Å². The van der Waals surface area contributed by atoms with Crippen LogP contribution < -0.4 is 0 Å². The minimum Gasteiger partial charge on any atom is -0.392 e. The van der Waals surface area contributed by atoms with E-state index in [4.69, 9.17) is 10.4 Å². The molecule has 0 aliphatic carbocycles. The molecule has 1 aromatic carbocycles. The SMILES string of the molecule is Cc1cc(C)c(SOOO)cc1CO. The lowest BCUT2D eigenvalue weighted by Crippen LogP contribution is -1.92. The molecule has 0 aliphatic rings. The van der Waals surface area contributed by atoms with Gasteiger partial charge >= 0.3 is 0 Å². The lowest BCUT2D eigenvalue weighted by molar-refractivity contribution is -0.432. The van der Waals surface area contributed by atoms with Crippen molar-refractivity contribution >= 4 is 12.0 Å². The second kappa shape index (κ2) is 5.33. The Morgan fingerprint density at radius 1 is 1.29 bits per heavy atom. The molecule has 2 N–H and O–H groups in total. The van der Waals surface area contributed by atoms with E-state index in [2.05, 4.69) is 9.37 Å². The third-order valence-electron chi connectivity index (χ3n) is 1.96. The van der Waals surface area contributed by atoms with Crippen molar-refractivity contribution < 1.29 is 19.7 Å². The highest BCUT2D eigenvalue weighted by molar-refractivity contribution is 7.94. The van der Waals surface area contributed by atoms with Crippen LogP contribution in [0, 0.1) is 13.8 Å². The number of benzene rings is 1. The normalized spacial score (nSPS) is 10.6. The van der Waals surface area contributed by atoms with Crippen LogP contribution in [0.5, 0.6) is 0 Å². The largest absolute Gasteiger partial charge is 0.392 e. The number of hydrogen-bond acceptors (Lipinski definition) is 5. The second-order valence-corrected chi connectivity index (χ2v) is 3.67. The van der Waals surface area contributed by atoms with Crippen molar-refractivity contribution in [1.82, 2.24) is 0 Å². The maximum absolute atomic E-state index is 9.03. The van der Waals surface area contributed by atoms with E-state index in [0.717, 1.165) is 33.6 Å². The molecule has 1 aromatic rings. The molecule has 0 spiro atoms. The van der Waals surface area contributed by atoms with Crippen LogP contribution in [0.4, 0.5) is 0 Å². The van der Waals surface area contributed by atoms with Crippen molar-refractivity contribution in [3.05, 3.63) is 28.8 Å². The van der Waals surface area contributed by atoms with Gasteiger partial charge in [-0.25, -0.2) is 5.26 Å². The second-order valence-electron chi connectivity index (χ2n) is 2.93. The van der Waals surface area contributed by atoms with Gasteiger partial charge in [0, 0.05) is 4.90 Å². The fraction of sp³-hybridized carbons (Fsp3) is 0.333. The first-order valence-corrected chi connectivity index (χ1v) is 4.79. The van der Waals surface area contributed by atoms with Crippen LogP contribution in [0.2, 0.25) is 0 Å². The summed E-state index contributed by atoms with van der Waals surface area (Å²) in [5.41, 5.74) is 2.86. The smallest absolute Gasteiger partial charge is 0.0717 e. The Bertz CT molecular complexity index is 314. The van der Waals surface area contributed by atoms with Crippen LogP contribution in [0.1, 0.15) is 16.7 Å². The predicted molar refractivity (Wildman–Crippen MR) is 52.5 cm³/mol. The van der Waals surface area contributed by atoms with Gasteiger partial charge in [-0.05, 0) is 36.6 Å². The van der Waals surface area contributed by atoms with Crippen molar-refractivity contribution in [3.8, 4) is 0 Å². The standard InChI is InChI=1S/C9H12O4S/c1-6-3-7(2)9(14-13-12-11)4-8(6)5-10/h3-4,10-11H,5H2,1-2H3. The summed E-state index contributed by atoms with van der Waals surface area (Å²) in [5, 5.41) is 20.5. The molecule has 0 saturated heterocycles. The fourth-order valence-electron chi connectivity index (χ4n) is 1.19. The quantitative estimate of drug-likeness (QED) is 0.459. The number of aryl methyl sites for hydroxylation is 2. The number of hydrogen-bond donors (Lipinski definition) is 2. The van der Waals surface area contributed by atoms with Crippen molar-refractivity contribution in [2.45, 2.75) is 25.3 Å². The Morgan fingerprint density at radius 2 is 2.00 bits per heavy atom. The van der Waals surface area contributed by atoms with E-state index in [1.807, 2.05) is 19.9 Å². The summed E-state index contributed by atoms with van der Waals surface area (Å²) in [5.74, 6) is 0. The monoisotopic (exact) mass is 216 g/mol. The van der Waals surface area contributed by atoms with Gasteiger partial charge in [0.15, 0.2) is 0 Å². The van der Waals surface area contributed by atoms with E-state index in [0.29, 0.717) is 0 Å². The lowest BCUT2D eigenvalue weighted by Gasteiger charge is -2.08. The van der Waals surface area contributed by atoms with Crippen LogP contribution in [0.3, 0.4) is 0 Å². The molecule has 5 heteroatoms. The summed E-state index contributed by atoms with van der Waals surface area (Å²) in [6, 6.07) is 3.74. The van der Waals surface area contributed by atoms with E-state index in [1.54, 1.807) is 6.07 Å². The Balaban J connectivity index is 2.92. The molecule has 0 unspecified atom stereocenters. The van der Waals surface area contributed by atoms with E-state index < -0.39 is 0 Å². The highest BCUT2D eigenvalue weighted by Crippen LogP contribution is 2.26. The minimum atomic E-state index is -0.0142. The maximum atomic E-state index is 9.03. The van der Waals surface area contributed by atoms with Crippen molar-refractivity contribution in [3.63, 3.8) is 0 Å². The molecule has 4 nitrogen and oxygen atoms in total. The molecule has 0 atom stereocenters. The van der Waals surface area contributed by atoms with Gasteiger partial charge in [-0.3, -0.25) is 0 Å². The Morgan fingerprint density at radius 3 is 2.57 bits per heavy atom. The lowest BCUT2D eigenvalue weighted by atomic mass is 10.1. The zero-order chi connectivity index (χ0) is 10.6. The van der Waals surface area contributed by atoms with Gasteiger partial charge in [0.2, 0.25) is 0 Å². The van der Waals surface area contributed by atoms with Crippen LogP contribution in [-0.2, 0) is 16.0 Å². The molecule has 0 saturated carbocycles. The topological polar surface area (TPSA) is 58.9 Å². The van der Waals surface area contributed by atoms with Crippen molar-refractivity contribution in [2.24, 2.45) is 0 Å². The van der Waals surface area contributed by atoms with Crippen LogP contribution in [-0.4, -0.2) is 10.4 Å². The third-order valence-corrected chi connectivity index (χ3v) is 2.71. The van der Waals surface area contributed by atoms with E-state index in [1.165, 1.54) is 0 Å². The average molecular weight is 216 g/mol. The summed E-state index contributed by atoms with van der Waals surface area (Å²) < 4.78 is 4.33. The summed E-state index contributed by atoms with van der Waals surface area (Å²) in [7, 11) is 0. The highest BCUT2D eigenvalue weighted by Gasteiger charge is 2.05. The first kappa shape index (κ1) is 11.5. The highest BCUT2D eigenvalue weighted by atomic mass is 32.2. The summed E-state index contributed by atoms with van der Waals surface area (Å²) in [6.07, 6.45) is 0. The summed E-state index contributed by atoms with van der Waals surface area (Å²) in [6.45, 7) is 3.83. The van der Waals surface area contributed by atoms with E-state index in [9.17, 15) is 0 Å². The predicted octanol–water partition coefficient (Wildman–Crippen LogP) is 2.22. The molecule has 0 amide bonds. The van der Waals surface area contributed by atoms with Gasteiger partial charge in [0.05, 0.1) is 18.6 Å². The molecule has 0 aromatic heterocycles. The molecular weight excluding hydrogens is 204 g/mol. The van der Waals surface area contributed by atoms with Gasteiger partial charge in [-0.2, -0.15) is 0 Å². The number of rotatable bonds is 4. The fourth-order valence-corrected chi connectivity index (χ4v) is 1.67. The average Bonchev–Trinajstić information content (AvgIpc) is 2.17. The molecule has 0 fully saturated rings. The summed E-state index contributed by atoms with van der Waals surface area (Å²) in [4.78, 5) is 0.800. The van der Waals surface area contributed by atoms with Gasteiger partial charge in [0.25, 0.3) is 0 Å². The molecule has 1 rings (SSSR count). The molecule has 0 heterocycles. The van der Waals surface area contributed by atoms with Gasteiger partial charge < -0.3 is 5.11 Å². The molecule has 0 bridgehead atoms. The molecule has 14 heavy (non-hydrogen) atoms. The maximum Gasteiger partial charge on any atom is 0.0717 e. The molecule has 78 valence electrons. The number of aliphatic hydroxyl groups excluding tert-OH is 1. The molecule has 0 radical (unpaired) electrons. The van der Waals surface area contributed by atoms with Gasteiger partial charge in [-0.1, -0.05) is 11.1 Å². The molecular formula is C9H12O4S. The van der Waals surface area contributed by atoms with Crippen molar-refractivity contribution in [1.29, 1.82) is 0 Å². The van der Waals surface area contributed by atoms with E-state index in [-0.39, 0.29) is 6.61 Å². The first-order chi connectivity index (χ1) is 6.69. The van der Waals surface area contributed by atoms with Crippen molar-refractivity contribution in [2.75, 3.05) is 0 Å². The Labute approximate surface area is 86.5 Å². The van der Waals surface area contributed by atoms with Gasteiger partial charge in [-0.15, -0.1) is 4.33 Å².